The first-order chi connectivity index (χ1) is 7.88. The molecule has 1 aromatic carbocycles. The average molecular weight is 214 g/mol. The van der Waals surface area contributed by atoms with Gasteiger partial charge in [0.05, 0.1) is 22.4 Å². The van der Waals surface area contributed by atoms with Gasteiger partial charge in [-0.3, -0.25) is 0 Å². The fraction of sp³-hybridized carbons (Fsp3) is 0.385. The predicted octanol–water partition coefficient (Wildman–Crippen LogP) is 2.04. The first kappa shape index (κ1) is 9.73. The molecule has 0 radical (unpaired) electrons. The molecule has 1 N–H and O–H groups in total. The van der Waals surface area contributed by atoms with Crippen LogP contribution in [0.3, 0.4) is 0 Å². The number of nitrogens with zero attached hydrogens (tertiary/aromatic N) is 2. The van der Waals surface area contributed by atoms with Crippen LogP contribution < -0.4 is 0 Å². The topological polar surface area (TPSA) is 46.0 Å². The molecule has 1 aliphatic rings. The van der Waals surface area contributed by atoms with E-state index in [-0.39, 0.29) is 6.61 Å². The molecule has 1 heterocycles. The maximum atomic E-state index is 9.02. The zero-order valence-corrected chi connectivity index (χ0v) is 9.06. The Balaban J connectivity index is 2.12. The van der Waals surface area contributed by atoms with E-state index in [1.807, 2.05) is 24.3 Å². The van der Waals surface area contributed by atoms with Crippen molar-refractivity contribution < 1.29 is 5.11 Å². The summed E-state index contributed by atoms with van der Waals surface area (Å²) in [6.45, 7) is 0.235. The van der Waals surface area contributed by atoms with E-state index in [9.17, 15) is 0 Å². The lowest BCUT2D eigenvalue weighted by atomic mass is 10.0. The fourth-order valence-corrected chi connectivity index (χ4v) is 2.45. The minimum atomic E-state index is 0.235. The zero-order chi connectivity index (χ0) is 11.0. The molecule has 0 bridgehead atoms. The SMILES string of the molecule is OCCC1CCc2nc3ccccc3nc21. The Morgan fingerprint density at radius 2 is 1.94 bits per heavy atom. The largest absolute Gasteiger partial charge is 0.396 e. The highest BCUT2D eigenvalue weighted by atomic mass is 16.3. The number of rotatable bonds is 2. The molecule has 0 spiro atoms. The number of benzene rings is 1. The van der Waals surface area contributed by atoms with Crippen molar-refractivity contribution in [3.8, 4) is 0 Å². The first-order valence-electron chi connectivity index (χ1n) is 5.75. The summed E-state index contributed by atoms with van der Waals surface area (Å²) < 4.78 is 0. The third kappa shape index (κ3) is 1.48. The Bertz CT molecular complexity index is 524. The molecule has 1 atom stereocenters. The van der Waals surface area contributed by atoms with Gasteiger partial charge in [-0.25, -0.2) is 9.97 Å². The van der Waals surface area contributed by atoms with Gasteiger partial charge in [-0.2, -0.15) is 0 Å². The van der Waals surface area contributed by atoms with Crippen LogP contribution in [0.15, 0.2) is 24.3 Å². The molecule has 0 saturated heterocycles. The van der Waals surface area contributed by atoms with Crippen molar-refractivity contribution in [3.05, 3.63) is 35.7 Å². The molecule has 3 heteroatoms. The number of aliphatic hydroxyl groups is 1. The highest BCUT2D eigenvalue weighted by molar-refractivity contribution is 5.74. The van der Waals surface area contributed by atoms with Crippen LogP contribution in [0, 0.1) is 0 Å². The van der Waals surface area contributed by atoms with Crippen molar-refractivity contribution in [2.75, 3.05) is 6.61 Å². The van der Waals surface area contributed by atoms with Crippen molar-refractivity contribution in [2.24, 2.45) is 0 Å². The third-order valence-electron chi connectivity index (χ3n) is 3.27. The normalized spacial score (nSPS) is 18.9. The molecular formula is C13H14N2O. The Hall–Kier alpha value is -1.48. The molecule has 3 rings (SSSR count). The van der Waals surface area contributed by atoms with Gasteiger partial charge in [0.1, 0.15) is 0 Å². The number of aliphatic hydroxyl groups excluding tert-OH is 1. The zero-order valence-electron chi connectivity index (χ0n) is 9.06. The summed E-state index contributed by atoms with van der Waals surface area (Å²) in [6, 6.07) is 7.97. The van der Waals surface area contributed by atoms with Gasteiger partial charge in [-0.05, 0) is 31.4 Å². The monoisotopic (exact) mass is 214 g/mol. The summed E-state index contributed by atoms with van der Waals surface area (Å²) in [6.07, 6.45) is 2.88. The van der Waals surface area contributed by atoms with Crippen LogP contribution in [0.5, 0.6) is 0 Å². The predicted molar refractivity (Wildman–Crippen MR) is 62.3 cm³/mol. The number of hydrogen-bond acceptors (Lipinski definition) is 3. The molecule has 1 aromatic heterocycles. The van der Waals surface area contributed by atoms with E-state index in [1.165, 1.54) is 0 Å². The van der Waals surface area contributed by atoms with E-state index in [1.54, 1.807) is 0 Å². The molecule has 16 heavy (non-hydrogen) atoms. The van der Waals surface area contributed by atoms with Crippen molar-refractivity contribution in [2.45, 2.75) is 25.2 Å². The second-order valence-electron chi connectivity index (χ2n) is 4.29. The summed E-state index contributed by atoms with van der Waals surface area (Å²) in [5, 5.41) is 9.02. The molecule has 1 aliphatic carbocycles. The van der Waals surface area contributed by atoms with Gasteiger partial charge in [0.2, 0.25) is 0 Å². The summed E-state index contributed by atoms with van der Waals surface area (Å²) >= 11 is 0. The van der Waals surface area contributed by atoms with Crippen molar-refractivity contribution >= 4 is 11.0 Å². The lowest BCUT2D eigenvalue weighted by molar-refractivity contribution is 0.274. The summed E-state index contributed by atoms with van der Waals surface area (Å²) in [5.41, 5.74) is 4.17. The lowest BCUT2D eigenvalue weighted by Gasteiger charge is -2.08. The summed E-state index contributed by atoms with van der Waals surface area (Å²) in [7, 11) is 0. The molecule has 3 nitrogen and oxygen atoms in total. The van der Waals surface area contributed by atoms with E-state index in [2.05, 4.69) is 9.97 Å². The van der Waals surface area contributed by atoms with Gasteiger partial charge in [-0.1, -0.05) is 12.1 Å². The van der Waals surface area contributed by atoms with Gasteiger partial charge in [0, 0.05) is 12.5 Å². The van der Waals surface area contributed by atoms with Gasteiger partial charge >= 0.3 is 0 Å². The summed E-state index contributed by atoms with van der Waals surface area (Å²) in [4.78, 5) is 9.33. The van der Waals surface area contributed by atoms with Crippen LogP contribution in [-0.2, 0) is 6.42 Å². The van der Waals surface area contributed by atoms with Crippen molar-refractivity contribution in [1.82, 2.24) is 9.97 Å². The third-order valence-corrected chi connectivity index (χ3v) is 3.27. The Morgan fingerprint density at radius 1 is 1.19 bits per heavy atom. The van der Waals surface area contributed by atoms with Crippen LogP contribution in [0.25, 0.3) is 11.0 Å². The van der Waals surface area contributed by atoms with Crippen LogP contribution in [0.2, 0.25) is 0 Å². The second-order valence-corrected chi connectivity index (χ2v) is 4.29. The molecule has 0 amide bonds. The summed E-state index contributed by atoms with van der Waals surface area (Å²) in [5.74, 6) is 0.400. The van der Waals surface area contributed by atoms with E-state index in [0.29, 0.717) is 5.92 Å². The lowest BCUT2D eigenvalue weighted by Crippen LogP contribution is -2.01. The number of para-hydroxylation sites is 2. The molecule has 82 valence electrons. The highest BCUT2D eigenvalue weighted by Gasteiger charge is 2.25. The number of hydrogen-bond donors (Lipinski definition) is 1. The van der Waals surface area contributed by atoms with Crippen LogP contribution in [0.4, 0.5) is 0 Å². The Kier molecular flexibility index (Phi) is 2.33. The van der Waals surface area contributed by atoms with Crippen LogP contribution in [0.1, 0.15) is 30.1 Å². The quantitative estimate of drug-likeness (QED) is 0.832. The molecule has 0 fully saturated rings. The van der Waals surface area contributed by atoms with Gasteiger partial charge in [-0.15, -0.1) is 0 Å². The minimum Gasteiger partial charge on any atom is -0.396 e. The van der Waals surface area contributed by atoms with E-state index >= 15 is 0 Å². The standard InChI is InChI=1S/C13H14N2O/c16-8-7-9-5-6-12-13(9)15-11-4-2-1-3-10(11)14-12/h1-4,9,16H,5-8H2. The van der Waals surface area contributed by atoms with Crippen LogP contribution >= 0.6 is 0 Å². The van der Waals surface area contributed by atoms with Gasteiger partial charge in [0.15, 0.2) is 0 Å². The number of aromatic nitrogens is 2. The Labute approximate surface area is 94.2 Å². The van der Waals surface area contributed by atoms with E-state index < -0.39 is 0 Å². The number of fused-ring (bicyclic) bond motifs is 2. The molecular weight excluding hydrogens is 200 g/mol. The van der Waals surface area contributed by atoms with Gasteiger partial charge in [0.25, 0.3) is 0 Å². The second kappa shape index (κ2) is 3.83. The molecule has 0 saturated carbocycles. The molecule has 1 unspecified atom stereocenters. The number of aryl methyl sites for hydroxylation is 1. The van der Waals surface area contributed by atoms with Gasteiger partial charge < -0.3 is 5.11 Å². The fourth-order valence-electron chi connectivity index (χ4n) is 2.45. The van der Waals surface area contributed by atoms with E-state index in [0.717, 1.165) is 41.7 Å². The first-order valence-corrected chi connectivity index (χ1v) is 5.75. The van der Waals surface area contributed by atoms with Crippen molar-refractivity contribution in [3.63, 3.8) is 0 Å². The molecule has 2 aromatic rings. The molecule has 0 aliphatic heterocycles. The highest BCUT2D eigenvalue weighted by Crippen LogP contribution is 2.33. The minimum absolute atomic E-state index is 0.235. The van der Waals surface area contributed by atoms with Crippen molar-refractivity contribution in [1.29, 1.82) is 0 Å². The smallest absolute Gasteiger partial charge is 0.0890 e. The maximum Gasteiger partial charge on any atom is 0.0890 e. The average Bonchev–Trinajstić information content (AvgIpc) is 2.70. The Morgan fingerprint density at radius 3 is 2.69 bits per heavy atom. The maximum absolute atomic E-state index is 9.02. The van der Waals surface area contributed by atoms with Crippen LogP contribution in [-0.4, -0.2) is 21.7 Å². The van der Waals surface area contributed by atoms with E-state index in [4.69, 9.17) is 5.11 Å².